The lowest BCUT2D eigenvalue weighted by molar-refractivity contribution is -0.123. The van der Waals surface area contributed by atoms with Crippen LogP contribution in [0.4, 0.5) is 4.39 Å². The lowest BCUT2D eigenvalue weighted by Crippen LogP contribution is -2.25. The zero-order valence-corrected chi connectivity index (χ0v) is 14.0. The predicted octanol–water partition coefficient (Wildman–Crippen LogP) is 3.79. The second-order valence-electron chi connectivity index (χ2n) is 5.83. The van der Waals surface area contributed by atoms with Gasteiger partial charge in [-0.2, -0.15) is 5.10 Å². The van der Waals surface area contributed by atoms with Crippen LogP contribution in [0.15, 0.2) is 47.6 Å². The minimum atomic E-state index is -0.357. The van der Waals surface area contributed by atoms with Crippen molar-refractivity contribution < 1.29 is 13.9 Å². The summed E-state index contributed by atoms with van der Waals surface area (Å²) in [5, 5.41) is 3.83. The third-order valence-electron chi connectivity index (χ3n) is 3.42. The molecule has 0 unspecified atom stereocenters. The van der Waals surface area contributed by atoms with Crippen LogP contribution in [0.3, 0.4) is 0 Å². The molecule has 0 spiro atoms. The Morgan fingerprint density at radius 3 is 2.62 bits per heavy atom. The second kappa shape index (κ2) is 8.24. The van der Waals surface area contributed by atoms with Gasteiger partial charge in [-0.3, -0.25) is 4.79 Å². The van der Waals surface area contributed by atoms with Gasteiger partial charge in [0.1, 0.15) is 11.6 Å². The van der Waals surface area contributed by atoms with Crippen LogP contribution < -0.4 is 10.2 Å². The van der Waals surface area contributed by atoms with Crippen LogP contribution in [0.5, 0.6) is 5.75 Å². The molecule has 0 radical (unpaired) electrons. The van der Waals surface area contributed by atoms with E-state index >= 15 is 0 Å². The monoisotopic (exact) mass is 328 g/mol. The first-order chi connectivity index (χ1) is 11.5. The van der Waals surface area contributed by atoms with Crippen molar-refractivity contribution in [1.29, 1.82) is 0 Å². The highest BCUT2D eigenvalue weighted by atomic mass is 19.1. The molecule has 1 amide bonds. The standard InChI is InChI=1S/C19H21FN2O2/c1-13(2)17-9-4-14(3)10-18(17)24-12-19(23)22-21-11-15-5-7-16(20)8-6-15/h4-11,13H,12H2,1-3H3,(H,22,23)/b21-11-. The smallest absolute Gasteiger partial charge is 0.277 e. The van der Waals surface area contributed by atoms with Crippen molar-refractivity contribution in [2.75, 3.05) is 6.61 Å². The lowest BCUT2D eigenvalue weighted by atomic mass is 10.0. The minimum absolute atomic E-state index is 0.121. The Morgan fingerprint density at radius 1 is 1.25 bits per heavy atom. The number of benzene rings is 2. The highest BCUT2D eigenvalue weighted by Gasteiger charge is 2.09. The number of amides is 1. The highest BCUT2D eigenvalue weighted by molar-refractivity contribution is 5.82. The van der Waals surface area contributed by atoms with E-state index in [0.717, 1.165) is 11.1 Å². The molecule has 126 valence electrons. The van der Waals surface area contributed by atoms with Crippen LogP contribution in [0, 0.1) is 12.7 Å². The topological polar surface area (TPSA) is 50.7 Å². The Hall–Kier alpha value is -2.69. The number of hydrogen-bond donors (Lipinski definition) is 1. The van der Waals surface area contributed by atoms with Gasteiger partial charge in [-0.05, 0) is 47.7 Å². The van der Waals surface area contributed by atoms with Crippen molar-refractivity contribution in [3.63, 3.8) is 0 Å². The summed E-state index contributed by atoms with van der Waals surface area (Å²) in [7, 11) is 0. The van der Waals surface area contributed by atoms with Gasteiger partial charge in [-0.1, -0.05) is 38.1 Å². The third-order valence-corrected chi connectivity index (χ3v) is 3.42. The molecule has 4 nitrogen and oxygen atoms in total. The van der Waals surface area contributed by atoms with Crippen LogP contribution in [-0.4, -0.2) is 18.7 Å². The summed E-state index contributed by atoms with van der Waals surface area (Å²) in [5.74, 6) is 0.344. The van der Waals surface area contributed by atoms with E-state index in [2.05, 4.69) is 24.4 Å². The predicted molar refractivity (Wildman–Crippen MR) is 92.9 cm³/mol. The largest absolute Gasteiger partial charge is 0.483 e. The fourth-order valence-electron chi connectivity index (χ4n) is 2.15. The number of carbonyl (C=O) groups is 1. The lowest BCUT2D eigenvalue weighted by Gasteiger charge is -2.14. The molecule has 0 aliphatic rings. The molecular weight excluding hydrogens is 307 g/mol. The summed E-state index contributed by atoms with van der Waals surface area (Å²) in [5.41, 5.74) is 5.22. The zero-order valence-electron chi connectivity index (χ0n) is 14.0. The number of rotatable bonds is 6. The van der Waals surface area contributed by atoms with E-state index in [1.807, 2.05) is 25.1 Å². The fourth-order valence-corrected chi connectivity index (χ4v) is 2.15. The van der Waals surface area contributed by atoms with Crippen molar-refractivity contribution in [3.8, 4) is 5.75 Å². The summed E-state index contributed by atoms with van der Waals surface area (Å²) < 4.78 is 18.4. The maximum absolute atomic E-state index is 12.8. The van der Waals surface area contributed by atoms with Crippen LogP contribution in [0.25, 0.3) is 0 Å². The van der Waals surface area contributed by atoms with Gasteiger partial charge < -0.3 is 4.74 Å². The molecule has 1 N–H and O–H groups in total. The number of halogens is 1. The molecule has 0 fully saturated rings. The average molecular weight is 328 g/mol. The van der Waals surface area contributed by atoms with Gasteiger partial charge in [0.15, 0.2) is 6.61 Å². The van der Waals surface area contributed by atoms with Gasteiger partial charge >= 0.3 is 0 Å². The number of nitrogens with one attached hydrogen (secondary N) is 1. The Morgan fingerprint density at radius 2 is 1.96 bits per heavy atom. The quantitative estimate of drug-likeness (QED) is 0.648. The van der Waals surface area contributed by atoms with Crippen molar-refractivity contribution in [3.05, 3.63) is 65.0 Å². The Labute approximate surface area is 141 Å². The van der Waals surface area contributed by atoms with Crippen LogP contribution in [0.2, 0.25) is 0 Å². The SMILES string of the molecule is Cc1ccc(C(C)C)c(OCC(=O)N/N=C\c2ccc(F)cc2)c1. The molecule has 0 saturated carbocycles. The Bertz CT molecular complexity index is 725. The van der Waals surface area contributed by atoms with Crippen LogP contribution in [0.1, 0.15) is 36.5 Å². The third kappa shape index (κ3) is 5.19. The van der Waals surface area contributed by atoms with Crippen molar-refractivity contribution >= 4 is 12.1 Å². The molecule has 0 aliphatic heterocycles. The fraction of sp³-hybridized carbons (Fsp3) is 0.263. The number of nitrogens with zero attached hydrogens (tertiary/aromatic N) is 1. The molecule has 0 bridgehead atoms. The Balaban J connectivity index is 1.89. The van der Waals surface area contributed by atoms with E-state index in [1.165, 1.54) is 18.3 Å². The van der Waals surface area contributed by atoms with Gasteiger partial charge in [0.2, 0.25) is 0 Å². The van der Waals surface area contributed by atoms with E-state index in [-0.39, 0.29) is 18.3 Å². The second-order valence-corrected chi connectivity index (χ2v) is 5.83. The number of aryl methyl sites for hydroxylation is 1. The van der Waals surface area contributed by atoms with Gasteiger partial charge in [0.05, 0.1) is 6.21 Å². The molecule has 2 rings (SSSR count). The van der Waals surface area contributed by atoms with E-state index in [4.69, 9.17) is 4.74 Å². The first-order valence-electron chi connectivity index (χ1n) is 7.76. The van der Waals surface area contributed by atoms with Crippen molar-refractivity contribution in [1.82, 2.24) is 5.43 Å². The maximum Gasteiger partial charge on any atom is 0.277 e. The number of ether oxygens (including phenoxy) is 1. The summed E-state index contributed by atoms with van der Waals surface area (Å²) in [6.07, 6.45) is 1.45. The van der Waals surface area contributed by atoms with Crippen molar-refractivity contribution in [2.24, 2.45) is 5.10 Å². The molecular formula is C19H21FN2O2. The zero-order chi connectivity index (χ0) is 17.5. The van der Waals surface area contributed by atoms with Crippen LogP contribution in [-0.2, 0) is 4.79 Å². The highest BCUT2D eigenvalue weighted by Crippen LogP contribution is 2.27. The first kappa shape index (κ1) is 17.7. The average Bonchev–Trinajstić information content (AvgIpc) is 2.54. The van der Waals surface area contributed by atoms with E-state index in [9.17, 15) is 9.18 Å². The molecule has 5 heteroatoms. The van der Waals surface area contributed by atoms with E-state index in [1.54, 1.807) is 12.1 Å². The number of hydrogen-bond acceptors (Lipinski definition) is 3. The molecule has 0 aliphatic carbocycles. The van der Waals surface area contributed by atoms with Crippen molar-refractivity contribution in [2.45, 2.75) is 26.7 Å². The first-order valence-corrected chi connectivity index (χ1v) is 7.76. The normalized spacial score (nSPS) is 11.0. The number of carbonyl (C=O) groups excluding carboxylic acids is 1. The number of hydrazone groups is 1. The summed E-state index contributed by atoms with van der Waals surface area (Å²) in [4.78, 5) is 11.8. The van der Waals surface area contributed by atoms with Crippen LogP contribution >= 0.6 is 0 Å². The summed E-state index contributed by atoms with van der Waals surface area (Å²) in [6.45, 7) is 6.00. The molecule has 24 heavy (non-hydrogen) atoms. The maximum atomic E-state index is 12.8. The van der Waals surface area contributed by atoms with E-state index < -0.39 is 0 Å². The molecule has 2 aromatic carbocycles. The van der Waals surface area contributed by atoms with Gasteiger partial charge in [0.25, 0.3) is 5.91 Å². The molecule has 0 saturated heterocycles. The summed E-state index contributed by atoms with van der Waals surface area (Å²) >= 11 is 0. The van der Waals surface area contributed by atoms with Gasteiger partial charge in [-0.25, -0.2) is 9.82 Å². The van der Waals surface area contributed by atoms with E-state index in [0.29, 0.717) is 17.2 Å². The molecule has 0 heterocycles. The van der Waals surface area contributed by atoms with Gasteiger partial charge in [0, 0.05) is 0 Å². The minimum Gasteiger partial charge on any atom is -0.483 e. The molecule has 0 atom stereocenters. The molecule has 0 aromatic heterocycles. The van der Waals surface area contributed by atoms with Gasteiger partial charge in [-0.15, -0.1) is 0 Å². The molecule has 2 aromatic rings. The summed E-state index contributed by atoms with van der Waals surface area (Å²) in [6, 6.07) is 11.8. The Kier molecular flexibility index (Phi) is 6.07.